The molecule has 1 aromatic heterocycles. The van der Waals surface area contributed by atoms with E-state index in [2.05, 4.69) is 5.10 Å². The van der Waals surface area contributed by atoms with Gasteiger partial charge in [0, 0.05) is 25.7 Å². The Kier molecular flexibility index (Phi) is 4.43. The second-order valence-electron chi connectivity index (χ2n) is 4.08. The van der Waals surface area contributed by atoms with Gasteiger partial charge in [-0.05, 0) is 14.0 Å². The summed E-state index contributed by atoms with van der Waals surface area (Å²) in [5, 5.41) is 4.58. The summed E-state index contributed by atoms with van der Waals surface area (Å²) in [5.41, 5.74) is 1.52. The molecule has 0 unspecified atom stereocenters. The topological polar surface area (TPSA) is 21.1 Å². The smallest absolute Gasteiger partial charge is 0.302 e. The van der Waals surface area contributed by atoms with Crippen molar-refractivity contribution in [3.63, 3.8) is 0 Å². The Morgan fingerprint density at radius 2 is 2.00 bits per heavy atom. The number of nitrogens with zero attached hydrogens (tertiary/aromatic N) is 3. The summed E-state index contributed by atoms with van der Waals surface area (Å²) in [6.45, 7) is 2.11. The molecule has 98 valence electrons. The molecule has 0 N–H and O–H groups in total. The normalized spacial score (nSPS) is 12.5. The van der Waals surface area contributed by atoms with E-state index in [1.165, 1.54) is 4.68 Å². The molecule has 7 heteroatoms. The van der Waals surface area contributed by atoms with E-state index in [1.807, 2.05) is 0 Å². The minimum atomic E-state index is -4.12. The molecule has 0 aromatic carbocycles. The van der Waals surface area contributed by atoms with Gasteiger partial charge >= 0.3 is 6.18 Å². The molecule has 0 atom stereocenters. The number of aromatic nitrogens is 2. The Morgan fingerprint density at radius 3 is 2.41 bits per heavy atom. The van der Waals surface area contributed by atoms with Gasteiger partial charge in [0.1, 0.15) is 5.15 Å². The van der Waals surface area contributed by atoms with Gasteiger partial charge in [0.25, 0.3) is 0 Å². The van der Waals surface area contributed by atoms with Crippen molar-refractivity contribution in [2.75, 3.05) is 13.6 Å². The first-order chi connectivity index (χ1) is 7.70. The molecule has 0 bridgehead atoms. The molecule has 0 amide bonds. The summed E-state index contributed by atoms with van der Waals surface area (Å²) in [5.74, 6) is 0. The highest BCUT2D eigenvalue weighted by molar-refractivity contribution is 6.30. The molecule has 17 heavy (non-hydrogen) atoms. The van der Waals surface area contributed by atoms with Crippen molar-refractivity contribution < 1.29 is 13.2 Å². The average molecular weight is 270 g/mol. The number of aryl methyl sites for hydroxylation is 2. The lowest BCUT2D eigenvalue weighted by Gasteiger charge is -2.17. The highest BCUT2D eigenvalue weighted by Gasteiger charge is 2.27. The van der Waals surface area contributed by atoms with Crippen LogP contribution in [0.2, 0.25) is 5.15 Å². The lowest BCUT2D eigenvalue weighted by Crippen LogP contribution is -2.24. The van der Waals surface area contributed by atoms with Crippen LogP contribution < -0.4 is 0 Å². The average Bonchev–Trinajstić information content (AvgIpc) is 2.41. The van der Waals surface area contributed by atoms with Gasteiger partial charge in [0.15, 0.2) is 0 Å². The van der Waals surface area contributed by atoms with Gasteiger partial charge in [0.05, 0.1) is 12.1 Å². The fraction of sp³-hybridized carbons (Fsp3) is 0.700. The molecule has 0 aliphatic rings. The van der Waals surface area contributed by atoms with Gasteiger partial charge in [-0.2, -0.15) is 18.3 Å². The van der Waals surface area contributed by atoms with Crippen LogP contribution in [0, 0.1) is 6.92 Å². The molecule has 0 saturated heterocycles. The molecule has 1 heterocycles. The molecule has 1 aromatic rings. The van der Waals surface area contributed by atoms with E-state index in [1.54, 1.807) is 25.9 Å². The summed E-state index contributed by atoms with van der Waals surface area (Å²) >= 11 is 6.00. The van der Waals surface area contributed by atoms with Gasteiger partial charge < -0.3 is 4.90 Å². The van der Waals surface area contributed by atoms with Crippen LogP contribution in [0.5, 0.6) is 0 Å². The molecule has 0 aliphatic carbocycles. The fourth-order valence-corrected chi connectivity index (χ4v) is 1.75. The Labute approximate surface area is 103 Å². The molecule has 0 fully saturated rings. The lowest BCUT2D eigenvalue weighted by atomic mass is 10.2. The number of hydrogen-bond donors (Lipinski definition) is 0. The van der Waals surface area contributed by atoms with Crippen molar-refractivity contribution in [3.8, 4) is 0 Å². The Bertz CT molecular complexity index is 387. The summed E-state index contributed by atoms with van der Waals surface area (Å²) in [7, 11) is 3.34. The maximum absolute atomic E-state index is 12.0. The first kappa shape index (κ1) is 14.3. The molecule has 0 aliphatic heterocycles. The van der Waals surface area contributed by atoms with Gasteiger partial charge in [0.2, 0.25) is 0 Å². The minimum Gasteiger partial charge on any atom is -0.302 e. The van der Waals surface area contributed by atoms with E-state index in [0.717, 1.165) is 11.3 Å². The molecule has 0 saturated carbocycles. The number of rotatable bonds is 4. The van der Waals surface area contributed by atoms with Crippen molar-refractivity contribution >= 4 is 11.6 Å². The molecule has 0 spiro atoms. The van der Waals surface area contributed by atoms with Crippen LogP contribution in [-0.4, -0.2) is 34.4 Å². The summed E-state index contributed by atoms with van der Waals surface area (Å²) in [6.07, 6.45) is -4.94. The van der Waals surface area contributed by atoms with E-state index in [4.69, 9.17) is 11.6 Å². The zero-order valence-corrected chi connectivity index (χ0v) is 10.7. The van der Waals surface area contributed by atoms with E-state index in [-0.39, 0.29) is 6.54 Å². The molecule has 1 rings (SSSR count). The number of halogens is 4. The standard InChI is InChI=1S/C10H15ClF3N3/c1-7-8(9(11)17(3)15-7)6-16(2)5-4-10(12,13)14/h4-6H2,1-3H3. The molecule has 3 nitrogen and oxygen atoms in total. The van der Waals surface area contributed by atoms with Crippen molar-refractivity contribution in [1.82, 2.24) is 14.7 Å². The van der Waals surface area contributed by atoms with Gasteiger partial charge in [-0.1, -0.05) is 11.6 Å². The van der Waals surface area contributed by atoms with Crippen molar-refractivity contribution in [3.05, 3.63) is 16.4 Å². The third kappa shape index (κ3) is 4.20. The van der Waals surface area contributed by atoms with Crippen molar-refractivity contribution in [2.45, 2.75) is 26.1 Å². The Morgan fingerprint density at radius 1 is 1.41 bits per heavy atom. The van der Waals surface area contributed by atoms with Crippen LogP contribution in [0.15, 0.2) is 0 Å². The van der Waals surface area contributed by atoms with Gasteiger partial charge in [-0.15, -0.1) is 0 Å². The summed E-state index contributed by atoms with van der Waals surface area (Å²) < 4.78 is 37.7. The molecular weight excluding hydrogens is 255 g/mol. The van der Waals surface area contributed by atoms with Crippen LogP contribution in [-0.2, 0) is 13.6 Å². The largest absolute Gasteiger partial charge is 0.390 e. The van der Waals surface area contributed by atoms with Crippen molar-refractivity contribution in [1.29, 1.82) is 0 Å². The first-order valence-corrected chi connectivity index (χ1v) is 5.52. The first-order valence-electron chi connectivity index (χ1n) is 5.14. The maximum Gasteiger partial charge on any atom is 0.390 e. The predicted octanol–water partition coefficient (Wildman–Crippen LogP) is 2.77. The molecular formula is C10H15ClF3N3. The molecule has 0 radical (unpaired) electrons. The monoisotopic (exact) mass is 269 g/mol. The van der Waals surface area contributed by atoms with Crippen LogP contribution in [0.25, 0.3) is 0 Å². The third-order valence-electron chi connectivity index (χ3n) is 2.47. The number of alkyl halides is 3. The zero-order chi connectivity index (χ0) is 13.2. The second kappa shape index (κ2) is 5.27. The fourth-order valence-electron chi connectivity index (χ4n) is 1.52. The summed E-state index contributed by atoms with van der Waals surface area (Å²) in [6, 6.07) is 0. The van der Waals surface area contributed by atoms with Crippen LogP contribution in [0.4, 0.5) is 13.2 Å². The van der Waals surface area contributed by atoms with E-state index >= 15 is 0 Å². The minimum absolute atomic E-state index is 0.0475. The van der Waals surface area contributed by atoms with E-state index < -0.39 is 12.6 Å². The van der Waals surface area contributed by atoms with Crippen LogP contribution in [0.3, 0.4) is 0 Å². The van der Waals surface area contributed by atoms with E-state index in [0.29, 0.717) is 11.7 Å². The summed E-state index contributed by atoms with van der Waals surface area (Å²) in [4.78, 5) is 1.59. The van der Waals surface area contributed by atoms with Crippen molar-refractivity contribution in [2.24, 2.45) is 7.05 Å². The second-order valence-corrected chi connectivity index (χ2v) is 4.44. The number of hydrogen-bond acceptors (Lipinski definition) is 2. The van der Waals surface area contributed by atoms with Gasteiger partial charge in [-0.25, -0.2) is 0 Å². The zero-order valence-electron chi connectivity index (χ0n) is 9.97. The van der Waals surface area contributed by atoms with Gasteiger partial charge in [-0.3, -0.25) is 4.68 Å². The van der Waals surface area contributed by atoms with Crippen LogP contribution >= 0.6 is 11.6 Å². The Balaban J connectivity index is 2.59. The highest BCUT2D eigenvalue weighted by Crippen LogP contribution is 2.22. The third-order valence-corrected chi connectivity index (χ3v) is 2.95. The lowest BCUT2D eigenvalue weighted by molar-refractivity contribution is -0.137. The highest BCUT2D eigenvalue weighted by atomic mass is 35.5. The van der Waals surface area contributed by atoms with Crippen LogP contribution in [0.1, 0.15) is 17.7 Å². The quantitative estimate of drug-likeness (QED) is 0.838. The SMILES string of the molecule is Cc1nn(C)c(Cl)c1CN(C)CCC(F)(F)F. The predicted molar refractivity (Wildman–Crippen MR) is 60.0 cm³/mol. The Hall–Kier alpha value is -0.750. The van der Waals surface area contributed by atoms with E-state index in [9.17, 15) is 13.2 Å². The maximum atomic E-state index is 12.0.